The lowest BCUT2D eigenvalue weighted by atomic mass is 9.99. The Morgan fingerprint density at radius 3 is 2.81 bits per heavy atom. The number of para-hydroxylation sites is 1. The number of benzene rings is 1. The van der Waals surface area contributed by atoms with Crippen LogP contribution in [0.1, 0.15) is 20.3 Å². The summed E-state index contributed by atoms with van der Waals surface area (Å²) in [7, 11) is 0. The van der Waals surface area contributed by atoms with Crippen LogP contribution in [0, 0.1) is 0 Å². The molecule has 1 atom stereocenters. The van der Waals surface area contributed by atoms with Crippen molar-refractivity contribution in [3.63, 3.8) is 0 Å². The van der Waals surface area contributed by atoms with Gasteiger partial charge in [0.25, 0.3) is 0 Å². The highest BCUT2D eigenvalue weighted by Crippen LogP contribution is 2.25. The van der Waals surface area contributed by atoms with Gasteiger partial charge in [-0.25, -0.2) is 9.48 Å². The lowest BCUT2D eigenvalue weighted by Crippen LogP contribution is -2.38. The molecular formula is C12H14N2O2. The Morgan fingerprint density at radius 2 is 2.19 bits per heavy atom. The van der Waals surface area contributed by atoms with Crippen LogP contribution in [-0.4, -0.2) is 20.9 Å². The van der Waals surface area contributed by atoms with Gasteiger partial charge in [-0.1, -0.05) is 25.1 Å². The predicted octanol–water partition coefficient (Wildman–Crippen LogP) is 2.25. The van der Waals surface area contributed by atoms with Gasteiger partial charge in [0.1, 0.15) is 0 Å². The smallest absolute Gasteiger partial charge is 0.331 e. The van der Waals surface area contributed by atoms with Crippen molar-refractivity contribution in [2.75, 3.05) is 0 Å². The van der Waals surface area contributed by atoms with E-state index in [9.17, 15) is 9.90 Å². The molecule has 0 radical (unpaired) electrons. The summed E-state index contributed by atoms with van der Waals surface area (Å²) in [5.41, 5.74) is -0.127. The number of carboxylic acid groups (broad SMARTS) is 1. The minimum atomic E-state index is -0.983. The fourth-order valence-corrected chi connectivity index (χ4v) is 1.76. The van der Waals surface area contributed by atoms with Crippen molar-refractivity contribution in [3.8, 4) is 0 Å². The molecule has 0 saturated heterocycles. The molecule has 16 heavy (non-hydrogen) atoms. The summed E-state index contributed by atoms with van der Waals surface area (Å²) in [4.78, 5) is 11.3. The Balaban J connectivity index is 2.67. The maximum absolute atomic E-state index is 11.3. The number of hydrogen-bond acceptors (Lipinski definition) is 2. The number of aromatic nitrogens is 2. The van der Waals surface area contributed by atoms with Crippen molar-refractivity contribution < 1.29 is 9.90 Å². The Bertz CT molecular complexity index is 533. The van der Waals surface area contributed by atoms with Crippen LogP contribution in [-0.2, 0) is 10.3 Å². The van der Waals surface area contributed by atoms with Crippen LogP contribution in [0.3, 0.4) is 0 Å². The molecule has 2 aromatic rings. The third kappa shape index (κ3) is 1.38. The molecule has 1 unspecified atom stereocenters. The van der Waals surface area contributed by atoms with Crippen molar-refractivity contribution in [3.05, 3.63) is 30.5 Å². The van der Waals surface area contributed by atoms with Crippen molar-refractivity contribution >= 4 is 16.9 Å². The van der Waals surface area contributed by atoms with E-state index in [4.69, 9.17) is 0 Å². The van der Waals surface area contributed by atoms with E-state index in [1.807, 2.05) is 31.2 Å². The van der Waals surface area contributed by atoms with Gasteiger partial charge >= 0.3 is 5.97 Å². The minimum absolute atomic E-state index is 0.494. The molecule has 0 fully saturated rings. The van der Waals surface area contributed by atoms with E-state index in [0.29, 0.717) is 6.42 Å². The highest BCUT2D eigenvalue weighted by molar-refractivity contribution is 5.83. The minimum Gasteiger partial charge on any atom is -0.479 e. The van der Waals surface area contributed by atoms with Gasteiger partial charge in [0.15, 0.2) is 5.54 Å². The monoisotopic (exact) mass is 218 g/mol. The van der Waals surface area contributed by atoms with Crippen LogP contribution < -0.4 is 0 Å². The molecule has 1 heterocycles. The van der Waals surface area contributed by atoms with Crippen LogP contribution in [0.4, 0.5) is 0 Å². The van der Waals surface area contributed by atoms with E-state index in [-0.39, 0.29) is 0 Å². The largest absolute Gasteiger partial charge is 0.479 e. The fraction of sp³-hybridized carbons (Fsp3) is 0.333. The van der Waals surface area contributed by atoms with E-state index in [0.717, 1.165) is 10.9 Å². The van der Waals surface area contributed by atoms with Gasteiger partial charge in [0.05, 0.1) is 11.7 Å². The second-order valence-electron chi connectivity index (χ2n) is 4.05. The first-order valence-electron chi connectivity index (χ1n) is 5.26. The summed E-state index contributed by atoms with van der Waals surface area (Å²) in [5, 5.41) is 14.5. The Kier molecular flexibility index (Phi) is 2.42. The van der Waals surface area contributed by atoms with Crippen molar-refractivity contribution in [2.24, 2.45) is 0 Å². The topological polar surface area (TPSA) is 55.1 Å². The average molecular weight is 218 g/mol. The molecule has 84 valence electrons. The second kappa shape index (κ2) is 3.63. The van der Waals surface area contributed by atoms with Crippen LogP contribution in [0.25, 0.3) is 10.9 Å². The van der Waals surface area contributed by atoms with E-state index >= 15 is 0 Å². The summed E-state index contributed by atoms with van der Waals surface area (Å²) >= 11 is 0. The summed E-state index contributed by atoms with van der Waals surface area (Å²) in [6.45, 7) is 3.54. The molecule has 0 aliphatic carbocycles. The first-order chi connectivity index (χ1) is 7.59. The van der Waals surface area contributed by atoms with E-state index in [2.05, 4.69) is 5.10 Å². The Labute approximate surface area is 93.5 Å². The maximum Gasteiger partial charge on any atom is 0.331 e. The van der Waals surface area contributed by atoms with Gasteiger partial charge in [-0.2, -0.15) is 5.10 Å². The Hall–Kier alpha value is -1.84. The normalized spacial score (nSPS) is 14.9. The summed E-state index contributed by atoms with van der Waals surface area (Å²) < 4.78 is 1.59. The Morgan fingerprint density at radius 1 is 1.50 bits per heavy atom. The molecule has 1 aromatic heterocycles. The molecule has 0 saturated carbocycles. The molecule has 4 nitrogen and oxygen atoms in total. The molecule has 0 aliphatic heterocycles. The highest BCUT2D eigenvalue weighted by Gasteiger charge is 2.35. The van der Waals surface area contributed by atoms with Crippen molar-refractivity contribution in [1.82, 2.24) is 9.78 Å². The molecule has 4 heteroatoms. The first kappa shape index (κ1) is 10.7. The lowest BCUT2D eigenvalue weighted by molar-refractivity contribution is -0.147. The molecule has 0 aliphatic rings. The van der Waals surface area contributed by atoms with E-state index in [1.54, 1.807) is 17.8 Å². The first-order valence-corrected chi connectivity index (χ1v) is 5.26. The van der Waals surface area contributed by atoms with Gasteiger partial charge in [-0.15, -0.1) is 0 Å². The van der Waals surface area contributed by atoms with Crippen molar-refractivity contribution in [1.29, 1.82) is 0 Å². The zero-order chi connectivity index (χ0) is 11.8. The number of carbonyl (C=O) groups is 1. The highest BCUT2D eigenvalue weighted by atomic mass is 16.4. The zero-order valence-corrected chi connectivity index (χ0v) is 9.34. The van der Waals surface area contributed by atoms with Crippen LogP contribution in [0.2, 0.25) is 0 Å². The molecule has 0 spiro atoms. The van der Waals surface area contributed by atoms with E-state index < -0.39 is 11.5 Å². The number of carboxylic acids is 1. The summed E-state index contributed by atoms with van der Waals surface area (Å²) in [6, 6.07) is 7.62. The number of fused-ring (bicyclic) bond motifs is 1. The van der Waals surface area contributed by atoms with Crippen LogP contribution in [0.5, 0.6) is 0 Å². The van der Waals surface area contributed by atoms with Crippen LogP contribution >= 0.6 is 0 Å². The second-order valence-corrected chi connectivity index (χ2v) is 4.05. The number of nitrogens with zero attached hydrogens (tertiary/aromatic N) is 2. The lowest BCUT2D eigenvalue weighted by Gasteiger charge is -2.24. The SMILES string of the molecule is CCC(C)(C(=O)O)n1ncc2ccccc21. The predicted molar refractivity (Wildman–Crippen MR) is 61.3 cm³/mol. The molecular weight excluding hydrogens is 204 g/mol. The van der Waals surface area contributed by atoms with Gasteiger partial charge in [-0.3, -0.25) is 0 Å². The fourth-order valence-electron chi connectivity index (χ4n) is 1.76. The van der Waals surface area contributed by atoms with Gasteiger partial charge < -0.3 is 5.11 Å². The van der Waals surface area contributed by atoms with Crippen LogP contribution in [0.15, 0.2) is 30.5 Å². The third-order valence-corrected chi connectivity index (χ3v) is 3.09. The van der Waals surface area contributed by atoms with E-state index in [1.165, 1.54) is 0 Å². The standard InChI is InChI=1S/C12H14N2O2/c1-3-12(2,11(15)16)14-10-7-5-4-6-9(10)8-13-14/h4-8H,3H2,1-2H3,(H,15,16). The maximum atomic E-state index is 11.3. The quantitative estimate of drug-likeness (QED) is 0.859. The molecule has 1 aromatic carbocycles. The molecule has 2 rings (SSSR count). The van der Waals surface area contributed by atoms with Gasteiger partial charge in [0.2, 0.25) is 0 Å². The number of aliphatic carboxylic acids is 1. The van der Waals surface area contributed by atoms with Crippen molar-refractivity contribution in [2.45, 2.75) is 25.8 Å². The average Bonchev–Trinajstić information content (AvgIpc) is 2.72. The summed E-state index contributed by atoms with van der Waals surface area (Å²) in [6.07, 6.45) is 2.19. The zero-order valence-electron chi connectivity index (χ0n) is 9.34. The van der Waals surface area contributed by atoms with Gasteiger partial charge in [0, 0.05) is 5.39 Å². The molecule has 1 N–H and O–H groups in total. The third-order valence-electron chi connectivity index (χ3n) is 3.09. The van der Waals surface area contributed by atoms with Gasteiger partial charge in [-0.05, 0) is 19.4 Å². The summed E-state index contributed by atoms with van der Waals surface area (Å²) in [5.74, 6) is -0.858. The molecule has 0 amide bonds. The number of rotatable bonds is 3. The molecule has 0 bridgehead atoms. The number of hydrogen-bond donors (Lipinski definition) is 1.